The summed E-state index contributed by atoms with van der Waals surface area (Å²) in [6, 6.07) is 13.5. The molecule has 0 radical (unpaired) electrons. The molecule has 0 saturated carbocycles. The highest BCUT2D eigenvalue weighted by Crippen LogP contribution is 2.12. The molecule has 0 spiro atoms. The predicted octanol–water partition coefficient (Wildman–Crippen LogP) is 2.19. The molecule has 2 aromatic rings. The van der Waals surface area contributed by atoms with Gasteiger partial charge in [-0.3, -0.25) is 4.79 Å². The Morgan fingerprint density at radius 1 is 1.22 bits per heavy atom. The number of nitriles is 1. The largest absolute Gasteiger partial charge is 0.481 e. The molecule has 88 valence electrons. The Kier molecular flexibility index (Phi) is 3.35. The van der Waals surface area contributed by atoms with Crippen LogP contribution in [0.2, 0.25) is 0 Å². The number of hydrogen-bond donors (Lipinski definition) is 0. The van der Waals surface area contributed by atoms with Crippen LogP contribution in [-0.4, -0.2) is 17.9 Å². The van der Waals surface area contributed by atoms with Gasteiger partial charge < -0.3 is 4.74 Å². The second kappa shape index (κ2) is 5.11. The van der Waals surface area contributed by atoms with Crippen LogP contribution in [0.15, 0.2) is 42.5 Å². The van der Waals surface area contributed by atoms with Crippen LogP contribution in [0.25, 0.3) is 0 Å². The third kappa shape index (κ3) is 2.36. The number of methoxy groups -OCH3 is 1. The Morgan fingerprint density at radius 2 is 1.94 bits per heavy atom. The van der Waals surface area contributed by atoms with Crippen molar-refractivity contribution in [1.82, 2.24) is 4.98 Å². The Balaban J connectivity index is 2.32. The highest BCUT2D eigenvalue weighted by molar-refractivity contribution is 6.07. The van der Waals surface area contributed by atoms with Crippen molar-refractivity contribution in [2.24, 2.45) is 0 Å². The van der Waals surface area contributed by atoms with Crippen molar-refractivity contribution in [3.05, 3.63) is 59.3 Å². The van der Waals surface area contributed by atoms with Crippen LogP contribution < -0.4 is 4.74 Å². The first-order chi connectivity index (χ1) is 8.74. The van der Waals surface area contributed by atoms with E-state index in [0.717, 1.165) is 0 Å². The monoisotopic (exact) mass is 238 g/mol. The molecule has 1 aromatic heterocycles. The molecule has 18 heavy (non-hydrogen) atoms. The van der Waals surface area contributed by atoms with Crippen LogP contribution in [0.5, 0.6) is 5.88 Å². The van der Waals surface area contributed by atoms with E-state index < -0.39 is 0 Å². The Morgan fingerprint density at radius 3 is 2.56 bits per heavy atom. The number of nitrogens with zero attached hydrogens (tertiary/aromatic N) is 2. The molecule has 1 aromatic carbocycles. The van der Waals surface area contributed by atoms with Gasteiger partial charge in [-0.05, 0) is 30.3 Å². The van der Waals surface area contributed by atoms with Crippen molar-refractivity contribution in [3.8, 4) is 11.9 Å². The first-order valence-electron chi connectivity index (χ1n) is 5.30. The fraction of sp³-hybridized carbons (Fsp3) is 0.0714. The SMILES string of the molecule is COc1cccc(C(=O)c2ccc(C#N)cc2)n1. The lowest BCUT2D eigenvalue weighted by atomic mass is 10.1. The standard InChI is InChI=1S/C14H10N2O2/c1-18-13-4-2-3-12(16-13)14(17)11-7-5-10(9-15)6-8-11/h2-8H,1H3. The number of hydrogen-bond acceptors (Lipinski definition) is 4. The lowest BCUT2D eigenvalue weighted by Crippen LogP contribution is -2.04. The van der Waals surface area contributed by atoms with Gasteiger partial charge in [-0.1, -0.05) is 6.07 Å². The van der Waals surface area contributed by atoms with Crippen LogP contribution in [-0.2, 0) is 0 Å². The number of rotatable bonds is 3. The molecular formula is C14H10N2O2. The van der Waals surface area contributed by atoms with Gasteiger partial charge in [-0.2, -0.15) is 5.26 Å². The smallest absolute Gasteiger partial charge is 0.213 e. The maximum absolute atomic E-state index is 12.1. The van der Waals surface area contributed by atoms with Crippen molar-refractivity contribution in [2.75, 3.05) is 7.11 Å². The topological polar surface area (TPSA) is 63.0 Å². The molecule has 0 aliphatic heterocycles. The fourth-order valence-electron chi connectivity index (χ4n) is 1.50. The molecule has 0 atom stereocenters. The third-order valence-corrected chi connectivity index (χ3v) is 2.44. The van der Waals surface area contributed by atoms with Crippen LogP contribution >= 0.6 is 0 Å². The zero-order chi connectivity index (χ0) is 13.0. The number of aromatic nitrogens is 1. The average molecular weight is 238 g/mol. The lowest BCUT2D eigenvalue weighted by Gasteiger charge is -2.03. The minimum Gasteiger partial charge on any atom is -0.481 e. The molecule has 0 aliphatic rings. The highest BCUT2D eigenvalue weighted by atomic mass is 16.5. The molecule has 0 fully saturated rings. The minimum atomic E-state index is -0.196. The van der Waals surface area contributed by atoms with E-state index in [0.29, 0.717) is 22.7 Å². The van der Waals surface area contributed by atoms with Gasteiger partial charge in [0.25, 0.3) is 0 Å². The molecule has 0 saturated heterocycles. The number of pyridine rings is 1. The van der Waals surface area contributed by atoms with Gasteiger partial charge in [0.15, 0.2) is 0 Å². The summed E-state index contributed by atoms with van der Waals surface area (Å²) in [6.45, 7) is 0. The fourth-order valence-corrected chi connectivity index (χ4v) is 1.50. The van der Waals surface area contributed by atoms with Gasteiger partial charge >= 0.3 is 0 Å². The van der Waals surface area contributed by atoms with Crippen molar-refractivity contribution in [3.63, 3.8) is 0 Å². The summed E-state index contributed by atoms with van der Waals surface area (Å²) >= 11 is 0. The molecule has 4 nitrogen and oxygen atoms in total. The van der Waals surface area contributed by atoms with Gasteiger partial charge in [-0.15, -0.1) is 0 Å². The van der Waals surface area contributed by atoms with E-state index in [9.17, 15) is 4.79 Å². The Labute approximate surface area is 104 Å². The number of ketones is 1. The van der Waals surface area contributed by atoms with Gasteiger partial charge in [-0.25, -0.2) is 4.98 Å². The first-order valence-corrected chi connectivity index (χ1v) is 5.30. The summed E-state index contributed by atoms with van der Waals surface area (Å²) in [5.74, 6) is 0.202. The van der Waals surface area contributed by atoms with Crippen molar-refractivity contribution in [2.45, 2.75) is 0 Å². The van der Waals surface area contributed by atoms with Crippen LogP contribution in [0.1, 0.15) is 21.6 Å². The maximum atomic E-state index is 12.1. The molecule has 0 N–H and O–H groups in total. The molecule has 0 aliphatic carbocycles. The van der Waals surface area contributed by atoms with E-state index in [1.165, 1.54) is 7.11 Å². The molecule has 0 bridgehead atoms. The summed E-state index contributed by atoms with van der Waals surface area (Å²) in [6.07, 6.45) is 0. The lowest BCUT2D eigenvalue weighted by molar-refractivity contribution is 0.103. The van der Waals surface area contributed by atoms with Crippen LogP contribution in [0.3, 0.4) is 0 Å². The van der Waals surface area contributed by atoms with Crippen molar-refractivity contribution in [1.29, 1.82) is 5.26 Å². The summed E-state index contributed by atoms with van der Waals surface area (Å²) in [7, 11) is 1.50. The molecule has 0 unspecified atom stereocenters. The van der Waals surface area contributed by atoms with E-state index in [4.69, 9.17) is 10.00 Å². The number of carbonyl (C=O) groups is 1. The normalized spacial score (nSPS) is 9.56. The maximum Gasteiger partial charge on any atom is 0.213 e. The Bertz CT molecular complexity index is 612. The van der Waals surface area contributed by atoms with Crippen LogP contribution in [0, 0.1) is 11.3 Å². The summed E-state index contributed by atoms with van der Waals surface area (Å²) in [5, 5.41) is 8.69. The van der Waals surface area contributed by atoms with Gasteiger partial charge in [0.2, 0.25) is 11.7 Å². The second-order valence-corrected chi connectivity index (χ2v) is 3.58. The quantitative estimate of drug-likeness (QED) is 0.769. The molecule has 4 heteroatoms. The second-order valence-electron chi connectivity index (χ2n) is 3.58. The summed E-state index contributed by atoms with van der Waals surface area (Å²) < 4.78 is 4.97. The van der Waals surface area contributed by atoms with E-state index in [1.807, 2.05) is 6.07 Å². The van der Waals surface area contributed by atoms with Crippen molar-refractivity contribution >= 4 is 5.78 Å². The van der Waals surface area contributed by atoms with Gasteiger partial charge in [0.05, 0.1) is 18.7 Å². The number of ether oxygens (including phenoxy) is 1. The zero-order valence-electron chi connectivity index (χ0n) is 9.75. The number of carbonyl (C=O) groups excluding carboxylic acids is 1. The summed E-state index contributed by atoms with van der Waals surface area (Å²) in [5.41, 5.74) is 1.33. The van der Waals surface area contributed by atoms with Gasteiger partial charge in [0, 0.05) is 11.6 Å². The average Bonchev–Trinajstić information content (AvgIpc) is 2.46. The van der Waals surface area contributed by atoms with Gasteiger partial charge in [0.1, 0.15) is 5.69 Å². The third-order valence-electron chi connectivity index (χ3n) is 2.44. The van der Waals surface area contributed by atoms with E-state index in [1.54, 1.807) is 42.5 Å². The first kappa shape index (κ1) is 11.8. The van der Waals surface area contributed by atoms with E-state index >= 15 is 0 Å². The number of benzene rings is 1. The molecule has 0 amide bonds. The van der Waals surface area contributed by atoms with Crippen molar-refractivity contribution < 1.29 is 9.53 Å². The van der Waals surface area contributed by atoms with E-state index in [2.05, 4.69) is 4.98 Å². The van der Waals surface area contributed by atoms with E-state index in [-0.39, 0.29) is 5.78 Å². The minimum absolute atomic E-state index is 0.196. The summed E-state index contributed by atoms with van der Waals surface area (Å²) in [4.78, 5) is 16.2. The molecular weight excluding hydrogens is 228 g/mol. The zero-order valence-corrected chi connectivity index (χ0v) is 9.75. The highest BCUT2D eigenvalue weighted by Gasteiger charge is 2.11. The Hall–Kier alpha value is -2.67. The molecule has 1 heterocycles. The van der Waals surface area contributed by atoms with Crippen LogP contribution in [0.4, 0.5) is 0 Å². The predicted molar refractivity (Wildman–Crippen MR) is 65.4 cm³/mol. The molecule has 2 rings (SSSR count).